The topological polar surface area (TPSA) is 40.7 Å². The number of anilines is 2. The molecule has 0 heterocycles. The van der Waals surface area contributed by atoms with E-state index < -0.39 is 0 Å². The molecule has 0 saturated carbocycles. The van der Waals surface area contributed by atoms with Gasteiger partial charge in [0.2, 0.25) is 5.71 Å². The van der Waals surface area contributed by atoms with Crippen molar-refractivity contribution >= 4 is 51.3 Å². The van der Waals surface area contributed by atoms with Gasteiger partial charge in [0.1, 0.15) is 6.54 Å². The molecule has 3 aromatic carbocycles. The summed E-state index contributed by atoms with van der Waals surface area (Å²) in [5.74, 6) is 0. The fourth-order valence-corrected chi connectivity index (χ4v) is 5.19. The average Bonchev–Trinajstić information content (AvgIpc) is 3.01. The Labute approximate surface area is 275 Å². The van der Waals surface area contributed by atoms with E-state index in [0.717, 1.165) is 39.9 Å². The van der Waals surface area contributed by atoms with Crippen molar-refractivity contribution in [1.29, 1.82) is 0 Å². The first-order valence-electron chi connectivity index (χ1n) is 14.3. The fourth-order valence-electron chi connectivity index (χ4n) is 5.19. The summed E-state index contributed by atoms with van der Waals surface area (Å²) in [6, 6.07) is 27.0. The molecular formula is C33H42B2ClN3OPV-. The summed E-state index contributed by atoms with van der Waals surface area (Å²) in [5.41, 5.74) is 11.3. The molecule has 3 aromatic rings. The third kappa shape index (κ3) is 9.40. The van der Waals surface area contributed by atoms with Crippen LogP contribution in [0.25, 0.3) is 11.1 Å². The second kappa shape index (κ2) is 19.9. The molecule has 1 unspecified atom stereocenters. The van der Waals surface area contributed by atoms with E-state index in [9.17, 15) is 0 Å². The van der Waals surface area contributed by atoms with E-state index in [-0.39, 0.29) is 39.3 Å². The molecule has 2 N–H and O–H groups in total. The van der Waals surface area contributed by atoms with Crippen LogP contribution in [0.4, 0.5) is 11.4 Å². The van der Waals surface area contributed by atoms with Gasteiger partial charge in [0.25, 0.3) is 0 Å². The molecule has 0 spiro atoms. The zero-order valence-corrected chi connectivity index (χ0v) is 28.6. The van der Waals surface area contributed by atoms with Gasteiger partial charge in [-0.25, -0.2) is 4.99 Å². The minimum absolute atomic E-state index is 0. The SMILES string of the molecule is CC[NH+]=C1C=CC(=C(c2ccc(N(CC)CC)cc2)c2ccc(N(CC)CC)cc2)c2ccccc21.[B]P[B-]O.[Cl-].[V]. The summed E-state index contributed by atoms with van der Waals surface area (Å²) in [6.07, 6.45) is 4.52. The van der Waals surface area contributed by atoms with Crippen LogP contribution in [0, 0.1) is 0 Å². The van der Waals surface area contributed by atoms with Crippen molar-refractivity contribution in [1.82, 2.24) is 0 Å². The molecule has 0 aliphatic heterocycles. The molecule has 5 radical (unpaired) electrons. The summed E-state index contributed by atoms with van der Waals surface area (Å²) >= 11 is 0. The van der Waals surface area contributed by atoms with Gasteiger partial charge in [-0.3, -0.25) is 0 Å². The number of fused-ring (bicyclic) bond motifs is 1. The zero-order chi connectivity index (χ0) is 28.9. The molecule has 9 heteroatoms. The number of nitrogens with one attached hydrogen (secondary N) is 1. The number of benzene rings is 3. The van der Waals surface area contributed by atoms with E-state index >= 15 is 0 Å². The van der Waals surface area contributed by atoms with Crippen LogP contribution >= 0.6 is 8.34 Å². The van der Waals surface area contributed by atoms with Crippen molar-refractivity contribution in [2.75, 3.05) is 42.5 Å². The van der Waals surface area contributed by atoms with Crippen LogP contribution in [-0.2, 0) is 18.6 Å². The minimum atomic E-state index is 0. The fraction of sp³-hybridized carbons (Fsp3) is 0.303. The maximum atomic E-state index is 7.64. The largest absolute Gasteiger partial charge is 1.00 e. The molecule has 219 valence electrons. The second-order valence-electron chi connectivity index (χ2n) is 9.35. The van der Waals surface area contributed by atoms with E-state index in [1.54, 1.807) is 0 Å². The van der Waals surface area contributed by atoms with Gasteiger partial charge < -0.3 is 35.6 Å². The van der Waals surface area contributed by atoms with E-state index in [4.69, 9.17) is 12.6 Å². The second-order valence-corrected chi connectivity index (χ2v) is 9.94. The first-order valence-corrected chi connectivity index (χ1v) is 15.5. The number of rotatable bonds is 10. The Hall–Kier alpha value is -2.20. The maximum absolute atomic E-state index is 7.64. The third-order valence-corrected chi connectivity index (χ3v) is 7.35. The average molecular weight is 636 g/mol. The first-order chi connectivity index (χ1) is 19.6. The standard InChI is InChI=1S/C33H39N3.B2H2OP.ClH.V/c1-6-34-32-24-23-31(29-13-11-12-14-30(29)32)33(25-15-19-27(20-16-25)35(7-2)8-3)26-17-21-28(22-18-26)36(9-4)10-5;1-4-2-3;;/h11-24H,6-10H2,1-5H3;3-4H;1H;/q;-1;;. The van der Waals surface area contributed by atoms with Gasteiger partial charge in [-0.15, -0.1) is 0 Å². The van der Waals surface area contributed by atoms with Gasteiger partial charge in [0.05, 0.1) is 13.1 Å². The van der Waals surface area contributed by atoms with Crippen molar-refractivity contribution in [3.63, 3.8) is 0 Å². The monoisotopic (exact) mass is 635 g/mol. The molecule has 4 nitrogen and oxygen atoms in total. The third-order valence-electron chi connectivity index (χ3n) is 7.20. The Bertz CT molecular complexity index is 1250. The number of allylic oxidation sites excluding steroid dienone is 3. The van der Waals surface area contributed by atoms with Crippen molar-refractivity contribution in [3.05, 3.63) is 107 Å². The van der Waals surface area contributed by atoms with E-state index in [0.29, 0.717) is 0 Å². The van der Waals surface area contributed by atoms with Crippen LogP contribution in [0.1, 0.15) is 56.9 Å². The van der Waals surface area contributed by atoms with E-state index in [1.807, 2.05) is 0 Å². The smallest absolute Gasteiger partial charge is 0.206 e. The first kappa shape index (κ1) is 37.8. The van der Waals surface area contributed by atoms with Crippen molar-refractivity contribution < 1.29 is 41.0 Å². The quantitative estimate of drug-likeness (QED) is 0.265. The summed E-state index contributed by atoms with van der Waals surface area (Å²) in [7, 11) is 5.75. The van der Waals surface area contributed by atoms with Gasteiger partial charge in [-0.1, -0.05) is 42.5 Å². The summed E-state index contributed by atoms with van der Waals surface area (Å²) in [6.45, 7) is 15.9. The van der Waals surface area contributed by atoms with Gasteiger partial charge >= 0.3 is 0 Å². The predicted molar refractivity (Wildman–Crippen MR) is 179 cm³/mol. The van der Waals surface area contributed by atoms with Gasteiger partial charge in [0.15, 0.2) is 0 Å². The van der Waals surface area contributed by atoms with Gasteiger partial charge in [-0.2, -0.15) is 7.20 Å². The number of nitrogens with zero attached hydrogens (tertiary/aromatic N) is 2. The van der Waals surface area contributed by atoms with Crippen LogP contribution in [0.2, 0.25) is 0 Å². The Morgan fingerprint density at radius 1 is 0.738 bits per heavy atom. The van der Waals surface area contributed by atoms with E-state index in [2.05, 4.69) is 134 Å². The van der Waals surface area contributed by atoms with Crippen LogP contribution in [0.15, 0.2) is 84.9 Å². The molecule has 42 heavy (non-hydrogen) atoms. The molecule has 1 aliphatic rings. The van der Waals surface area contributed by atoms with E-state index in [1.165, 1.54) is 50.5 Å². The van der Waals surface area contributed by atoms with Gasteiger partial charge in [-0.05, 0) is 98.9 Å². The minimum Gasteiger partial charge on any atom is -1.00 e. The Kier molecular flexibility index (Phi) is 17.9. The van der Waals surface area contributed by atoms with Gasteiger partial charge in [0, 0.05) is 62.2 Å². The maximum Gasteiger partial charge on any atom is 0.206 e. The van der Waals surface area contributed by atoms with Crippen LogP contribution in [0.5, 0.6) is 0 Å². The normalized spacial score (nSPS) is 12.6. The molecule has 0 fully saturated rings. The Balaban J connectivity index is 0.00000138. The van der Waals surface area contributed by atoms with Crippen LogP contribution in [0.3, 0.4) is 0 Å². The zero-order valence-electron chi connectivity index (χ0n) is 25.4. The molecule has 1 aliphatic carbocycles. The molecule has 0 aromatic heterocycles. The molecular weight excluding hydrogens is 593 g/mol. The Morgan fingerprint density at radius 2 is 1.17 bits per heavy atom. The summed E-state index contributed by atoms with van der Waals surface area (Å²) < 4.78 is 0. The molecule has 0 amide bonds. The molecule has 0 saturated heterocycles. The molecule has 0 bridgehead atoms. The predicted octanol–water partition coefficient (Wildman–Crippen LogP) is 2.07. The summed E-state index contributed by atoms with van der Waals surface area (Å²) in [4.78, 5) is 8.33. The molecule has 4 rings (SSSR count). The molecule has 1 atom stereocenters. The number of halogens is 1. The number of hydrogen-bond donors (Lipinski definition) is 2. The number of hydrogen-bond acceptors (Lipinski definition) is 3. The van der Waals surface area contributed by atoms with Crippen LogP contribution in [-0.4, -0.2) is 58.2 Å². The summed E-state index contributed by atoms with van der Waals surface area (Å²) in [5, 5.41) is 7.64. The Morgan fingerprint density at radius 3 is 1.55 bits per heavy atom. The van der Waals surface area contributed by atoms with Crippen molar-refractivity contribution in [2.45, 2.75) is 34.6 Å². The van der Waals surface area contributed by atoms with Crippen LogP contribution < -0.4 is 27.2 Å². The van der Waals surface area contributed by atoms with Crippen molar-refractivity contribution in [2.24, 2.45) is 0 Å². The van der Waals surface area contributed by atoms with Crippen molar-refractivity contribution in [3.8, 4) is 0 Å².